The number of allylic oxidation sites excluding steroid dienone is 8. The molecule has 0 nitrogen and oxygen atoms in total. The van der Waals surface area contributed by atoms with Gasteiger partial charge in [0.25, 0.3) is 0 Å². The molecule has 0 atom stereocenters. The molecule has 44 valence electrons. The Bertz CT molecular complexity index is 260. The number of hydrogen-bond donors (Lipinski definition) is 0. The van der Waals surface area contributed by atoms with Gasteiger partial charge in [0.05, 0.1) is 0 Å². The van der Waals surface area contributed by atoms with E-state index in [4.69, 9.17) is 0 Å². The Morgan fingerprint density at radius 3 is 2.44 bits per heavy atom. The van der Waals surface area contributed by atoms with Crippen LogP contribution in [-0.2, 0) is 0 Å². The number of fused-ring (bicyclic) bond motifs is 1. The number of hydrogen-bond acceptors (Lipinski definition) is 0. The van der Waals surface area contributed by atoms with Gasteiger partial charge in [0.1, 0.15) is 0 Å². The molecule has 0 saturated carbocycles. The number of rotatable bonds is 0. The van der Waals surface area contributed by atoms with Gasteiger partial charge < -0.3 is 0 Å². The van der Waals surface area contributed by atoms with Crippen LogP contribution in [0.2, 0.25) is 0 Å². The van der Waals surface area contributed by atoms with Crippen molar-refractivity contribution in [2.24, 2.45) is 0 Å². The minimum Gasteiger partial charge on any atom is -0.0798 e. The summed E-state index contributed by atoms with van der Waals surface area (Å²) >= 11 is 0. The van der Waals surface area contributed by atoms with Crippen molar-refractivity contribution in [2.75, 3.05) is 0 Å². The Morgan fingerprint density at radius 2 is 2.11 bits per heavy atom. The van der Waals surface area contributed by atoms with Gasteiger partial charge in [-0.05, 0) is 35.8 Å². The summed E-state index contributed by atoms with van der Waals surface area (Å²) < 4.78 is 0. The van der Waals surface area contributed by atoms with E-state index in [0.717, 1.165) is 0 Å². The molecule has 0 radical (unpaired) electrons. The summed E-state index contributed by atoms with van der Waals surface area (Å²) in [5.41, 5.74) is 4.08. The van der Waals surface area contributed by atoms with Crippen LogP contribution in [0.4, 0.5) is 0 Å². The summed E-state index contributed by atoms with van der Waals surface area (Å²) in [5, 5.41) is 0. The van der Waals surface area contributed by atoms with Crippen molar-refractivity contribution in [1.29, 1.82) is 0 Å². The highest BCUT2D eigenvalue weighted by Gasteiger charge is 2.11. The smallest absolute Gasteiger partial charge is 0.0181 e. The van der Waals surface area contributed by atoms with E-state index in [1.54, 1.807) is 0 Å². The van der Waals surface area contributed by atoms with E-state index in [0.29, 0.717) is 0 Å². The molecule has 2 rings (SSSR count). The first kappa shape index (κ1) is 4.80. The van der Waals surface area contributed by atoms with Crippen molar-refractivity contribution < 1.29 is 0 Å². The maximum atomic E-state index is 2.20. The fourth-order valence-corrected chi connectivity index (χ4v) is 1.24. The second-order valence-electron chi connectivity index (χ2n) is 2.32. The molecule has 2 aliphatic carbocycles. The molecule has 0 aromatic carbocycles. The normalized spacial score (nSPS) is 25.2. The molecule has 0 amide bonds. The molecular weight excluding hydrogens is 108 g/mol. The van der Waals surface area contributed by atoms with Gasteiger partial charge in [-0.3, -0.25) is 0 Å². The molecule has 0 unspecified atom stereocenters. The van der Waals surface area contributed by atoms with Gasteiger partial charge in [-0.15, -0.1) is 0 Å². The highest BCUT2D eigenvalue weighted by Crippen LogP contribution is 2.30. The zero-order valence-corrected chi connectivity index (χ0v) is 5.39. The van der Waals surface area contributed by atoms with Gasteiger partial charge >= 0.3 is 0 Å². The first-order valence-electron chi connectivity index (χ1n) is 3.18. The van der Waals surface area contributed by atoms with Gasteiger partial charge in [0.2, 0.25) is 0 Å². The van der Waals surface area contributed by atoms with Gasteiger partial charge in [-0.1, -0.05) is 18.2 Å². The quantitative estimate of drug-likeness (QED) is 0.455. The molecule has 2 bridgehead atoms. The van der Waals surface area contributed by atoms with E-state index < -0.39 is 0 Å². The van der Waals surface area contributed by atoms with E-state index >= 15 is 0 Å². The fraction of sp³-hybridized carbons (Fsp3) is 0.111. The van der Waals surface area contributed by atoms with E-state index in [1.807, 2.05) is 0 Å². The van der Waals surface area contributed by atoms with Crippen LogP contribution in [0.3, 0.4) is 0 Å². The van der Waals surface area contributed by atoms with Crippen molar-refractivity contribution in [3.8, 4) is 0 Å². The predicted octanol–water partition coefficient (Wildman–Crippen LogP) is 2.37. The summed E-state index contributed by atoms with van der Waals surface area (Å²) in [7, 11) is 0. The maximum absolute atomic E-state index is 2.20. The topological polar surface area (TPSA) is 0 Å². The second kappa shape index (κ2) is 1.47. The molecule has 0 spiro atoms. The van der Waals surface area contributed by atoms with Crippen molar-refractivity contribution in [2.45, 2.75) is 6.92 Å². The first-order chi connectivity index (χ1) is 4.40. The molecule has 0 saturated heterocycles. The van der Waals surface area contributed by atoms with Crippen molar-refractivity contribution in [1.82, 2.24) is 0 Å². The lowest BCUT2D eigenvalue weighted by atomic mass is 10.1. The van der Waals surface area contributed by atoms with Crippen molar-refractivity contribution >= 4 is 0 Å². The van der Waals surface area contributed by atoms with Crippen LogP contribution in [0.5, 0.6) is 0 Å². The Labute approximate surface area is 54.9 Å². The zero-order chi connectivity index (χ0) is 6.27. The summed E-state index contributed by atoms with van der Waals surface area (Å²) in [4.78, 5) is 0. The Morgan fingerprint density at radius 1 is 1.22 bits per heavy atom. The molecule has 0 N–H and O–H groups in total. The highest BCUT2D eigenvalue weighted by atomic mass is 14.2. The maximum Gasteiger partial charge on any atom is -0.0181 e. The largest absolute Gasteiger partial charge is 0.0798 e. The van der Waals surface area contributed by atoms with Crippen LogP contribution in [0, 0.1) is 0 Å². The van der Waals surface area contributed by atoms with Crippen LogP contribution in [0.1, 0.15) is 6.92 Å². The molecule has 0 aromatic heterocycles. The molecule has 2 aliphatic rings. The van der Waals surface area contributed by atoms with E-state index in [1.165, 1.54) is 16.7 Å². The summed E-state index contributed by atoms with van der Waals surface area (Å²) in [6.07, 6.45) is 10.8. The predicted molar refractivity (Wildman–Crippen MR) is 39.1 cm³/mol. The van der Waals surface area contributed by atoms with Crippen LogP contribution in [0.15, 0.2) is 47.1 Å². The van der Waals surface area contributed by atoms with Gasteiger partial charge in [0, 0.05) is 0 Å². The molecule has 0 heteroatoms. The molecule has 0 heterocycles. The van der Waals surface area contributed by atoms with E-state index in [-0.39, 0.29) is 0 Å². The minimum atomic E-state index is 1.35. The van der Waals surface area contributed by atoms with Gasteiger partial charge in [-0.2, -0.15) is 0 Å². The average Bonchev–Trinajstić information content (AvgIpc) is 2.45. The Kier molecular flexibility index (Phi) is 0.786. The van der Waals surface area contributed by atoms with Crippen LogP contribution < -0.4 is 0 Å². The lowest BCUT2D eigenvalue weighted by molar-refractivity contribution is 1.53. The third-order valence-corrected chi connectivity index (χ3v) is 1.74. The van der Waals surface area contributed by atoms with E-state index in [2.05, 4.69) is 37.3 Å². The van der Waals surface area contributed by atoms with Crippen LogP contribution in [0.25, 0.3) is 0 Å². The third-order valence-electron chi connectivity index (χ3n) is 1.74. The second-order valence-corrected chi connectivity index (χ2v) is 2.32. The lowest BCUT2D eigenvalue weighted by Gasteiger charge is -1.96. The van der Waals surface area contributed by atoms with E-state index in [9.17, 15) is 0 Å². The molecule has 0 aromatic rings. The minimum absolute atomic E-state index is 1.35. The molecule has 9 heavy (non-hydrogen) atoms. The zero-order valence-electron chi connectivity index (χ0n) is 5.39. The van der Waals surface area contributed by atoms with Gasteiger partial charge in [0.15, 0.2) is 0 Å². The monoisotopic (exact) mass is 116 g/mol. The molecule has 0 fully saturated rings. The molecular formula is C9H8. The first-order valence-corrected chi connectivity index (χ1v) is 3.18. The summed E-state index contributed by atoms with van der Waals surface area (Å²) in [6, 6.07) is 0. The van der Waals surface area contributed by atoms with Crippen LogP contribution in [-0.4, -0.2) is 0 Å². The average molecular weight is 116 g/mol. The molecule has 0 aliphatic heterocycles. The highest BCUT2D eigenvalue weighted by molar-refractivity contribution is 5.65. The Balaban J connectivity index is 2.55. The summed E-state index contributed by atoms with van der Waals surface area (Å²) in [5.74, 6) is 0. The lowest BCUT2D eigenvalue weighted by Crippen LogP contribution is -1.77. The van der Waals surface area contributed by atoms with Gasteiger partial charge in [-0.25, -0.2) is 0 Å². The SMILES string of the molecule is CC=C1C=C2C=CC1=C2. The fourth-order valence-electron chi connectivity index (χ4n) is 1.24. The van der Waals surface area contributed by atoms with Crippen molar-refractivity contribution in [3.05, 3.63) is 47.1 Å². The van der Waals surface area contributed by atoms with Crippen molar-refractivity contribution in [3.63, 3.8) is 0 Å². The standard InChI is InChI=1S/C9H8/c1-2-8-5-7-3-4-9(8)6-7/h2-6H,1H3. The third kappa shape index (κ3) is 0.531. The Hall–Kier alpha value is -1.04. The van der Waals surface area contributed by atoms with Crippen LogP contribution >= 0.6 is 0 Å². The summed E-state index contributed by atoms with van der Waals surface area (Å²) in [6.45, 7) is 2.07.